The van der Waals surface area contributed by atoms with Crippen molar-refractivity contribution in [2.24, 2.45) is 0 Å². The molecule has 0 aliphatic carbocycles. The second-order valence-electron chi connectivity index (χ2n) is 4.94. The molecule has 0 aromatic heterocycles. The van der Waals surface area contributed by atoms with Gasteiger partial charge in [0, 0.05) is 23.4 Å². The first-order valence-corrected chi connectivity index (χ1v) is 7.26. The second-order valence-corrected chi connectivity index (χ2v) is 4.94. The minimum absolute atomic E-state index is 0.314. The molecule has 0 aliphatic rings. The predicted octanol–water partition coefficient (Wildman–Crippen LogP) is 2.26. The van der Waals surface area contributed by atoms with E-state index in [2.05, 4.69) is 10.6 Å². The first-order valence-electron chi connectivity index (χ1n) is 7.26. The third-order valence-electron chi connectivity index (χ3n) is 3.32. The molecule has 8 nitrogen and oxygen atoms in total. The van der Waals surface area contributed by atoms with Gasteiger partial charge in [0.1, 0.15) is 0 Å². The van der Waals surface area contributed by atoms with Crippen molar-refractivity contribution in [2.45, 2.75) is 0 Å². The lowest BCUT2D eigenvalue weighted by molar-refractivity contribution is 0.0967. The number of nitrogens with one attached hydrogen (secondary N) is 2. The van der Waals surface area contributed by atoms with Crippen molar-refractivity contribution in [1.29, 1.82) is 0 Å². The highest BCUT2D eigenvalue weighted by Gasteiger charge is 2.15. The van der Waals surface area contributed by atoms with E-state index in [1.807, 2.05) is 0 Å². The summed E-state index contributed by atoms with van der Waals surface area (Å²) >= 11 is 0. The summed E-state index contributed by atoms with van der Waals surface area (Å²) < 4.78 is 15.6. The van der Waals surface area contributed by atoms with Gasteiger partial charge in [0.2, 0.25) is 5.75 Å². The van der Waals surface area contributed by atoms with Crippen LogP contribution in [0, 0.1) is 0 Å². The van der Waals surface area contributed by atoms with E-state index in [4.69, 9.17) is 19.9 Å². The topological polar surface area (TPSA) is 112 Å². The number of anilines is 2. The third kappa shape index (κ3) is 4.31. The normalized spacial score (nSPS) is 9.88. The molecule has 0 fully saturated rings. The number of amides is 3. The number of carbonyl (C=O) groups is 2. The predicted molar refractivity (Wildman–Crippen MR) is 93.4 cm³/mol. The number of nitrogen functional groups attached to an aromatic ring is 1. The Morgan fingerprint density at radius 1 is 0.920 bits per heavy atom. The van der Waals surface area contributed by atoms with Gasteiger partial charge in [-0.15, -0.1) is 0 Å². The molecule has 0 heterocycles. The SMILES string of the molecule is COc1cc(NC(=O)NC(=O)c2ccc(N)cc2)cc(OC)c1OC. The second kappa shape index (κ2) is 7.91. The molecule has 8 heteroatoms. The molecule has 0 atom stereocenters. The van der Waals surface area contributed by atoms with Crippen LogP contribution >= 0.6 is 0 Å². The van der Waals surface area contributed by atoms with E-state index in [-0.39, 0.29) is 0 Å². The molecule has 0 unspecified atom stereocenters. The van der Waals surface area contributed by atoms with Crippen molar-refractivity contribution in [2.75, 3.05) is 32.4 Å². The van der Waals surface area contributed by atoms with Crippen molar-refractivity contribution in [3.8, 4) is 17.2 Å². The first-order chi connectivity index (χ1) is 12.0. The number of urea groups is 1. The molecule has 0 aliphatic heterocycles. The maximum absolute atomic E-state index is 12.0. The van der Waals surface area contributed by atoms with Crippen LogP contribution in [-0.4, -0.2) is 33.3 Å². The van der Waals surface area contributed by atoms with Gasteiger partial charge in [-0.25, -0.2) is 4.79 Å². The molecule has 132 valence electrons. The molecule has 2 aromatic rings. The minimum atomic E-state index is -0.698. The highest BCUT2D eigenvalue weighted by molar-refractivity contribution is 6.08. The van der Waals surface area contributed by atoms with Crippen LogP contribution in [0.3, 0.4) is 0 Å². The van der Waals surface area contributed by atoms with Crippen LogP contribution in [0.15, 0.2) is 36.4 Å². The van der Waals surface area contributed by atoms with E-state index in [1.165, 1.54) is 33.5 Å². The first kappa shape index (κ1) is 17.9. The molecule has 0 bridgehead atoms. The van der Waals surface area contributed by atoms with Gasteiger partial charge in [0.25, 0.3) is 5.91 Å². The Kier molecular flexibility index (Phi) is 5.67. The number of methoxy groups -OCH3 is 3. The number of benzene rings is 2. The van der Waals surface area contributed by atoms with Crippen molar-refractivity contribution < 1.29 is 23.8 Å². The number of ether oxygens (including phenoxy) is 3. The summed E-state index contributed by atoms with van der Waals surface area (Å²) in [5.41, 5.74) is 6.78. The van der Waals surface area contributed by atoms with Gasteiger partial charge < -0.3 is 25.3 Å². The number of nitrogens with two attached hydrogens (primary N) is 1. The fraction of sp³-hybridized carbons (Fsp3) is 0.176. The van der Waals surface area contributed by atoms with Gasteiger partial charge in [-0.05, 0) is 24.3 Å². The van der Waals surface area contributed by atoms with E-state index in [0.717, 1.165) is 0 Å². The van der Waals surface area contributed by atoms with Crippen LogP contribution in [0.1, 0.15) is 10.4 Å². The summed E-state index contributed by atoms with van der Waals surface area (Å²) in [6.07, 6.45) is 0. The zero-order valence-corrected chi connectivity index (χ0v) is 14.1. The van der Waals surface area contributed by atoms with Crippen molar-refractivity contribution in [1.82, 2.24) is 5.32 Å². The molecule has 0 saturated carbocycles. The average molecular weight is 345 g/mol. The summed E-state index contributed by atoms with van der Waals surface area (Å²) in [7, 11) is 4.41. The molecule has 2 rings (SSSR count). The van der Waals surface area contributed by atoms with Gasteiger partial charge in [-0.3, -0.25) is 10.1 Å². The lowest BCUT2D eigenvalue weighted by atomic mass is 10.2. The molecule has 0 spiro atoms. The van der Waals surface area contributed by atoms with Crippen molar-refractivity contribution >= 4 is 23.3 Å². The molecule has 0 saturated heterocycles. The van der Waals surface area contributed by atoms with Crippen LogP contribution < -0.4 is 30.6 Å². The number of hydrogen-bond donors (Lipinski definition) is 3. The van der Waals surface area contributed by atoms with E-state index < -0.39 is 11.9 Å². The van der Waals surface area contributed by atoms with Gasteiger partial charge in [-0.2, -0.15) is 0 Å². The maximum atomic E-state index is 12.0. The largest absolute Gasteiger partial charge is 0.493 e. The smallest absolute Gasteiger partial charge is 0.326 e. The van der Waals surface area contributed by atoms with E-state index in [9.17, 15) is 9.59 Å². The summed E-state index contributed by atoms with van der Waals surface area (Å²) in [5, 5.41) is 4.77. The van der Waals surface area contributed by atoms with Gasteiger partial charge in [0.05, 0.1) is 27.0 Å². The Bertz CT molecular complexity index is 749. The average Bonchev–Trinajstić information content (AvgIpc) is 2.61. The fourth-order valence-electron chi connectivity index (χ4n) is 2.13. The van der Waals surface area contributed by atoms with Crippen LogP contribution in [0.2, 0.25) is 0 Å². The van der Waals surface area contributed by atoms with Gasteiger partial charge in [0.15, 0.2) is 11.5 Å². The number of hydrogen-bond acceptors (Lipinski definition) is 6. The standard InChI is InChI=1S/C17H19N3O5/c1-23-13-8-12(9-14(24-2)15(13)25-3)19-17(22)20-16(21)10-4-6-11(18)7-5-10/h4-9H,18H2,1-3H3,(H2,19,20,21,22). The van der Waals surface area contributed by atoms with E-state index >= 15 is 0 Å². The maximum Gasteiger partial charge on any atom is 0.326 e. The summed E-state index contributed by atoms with van der Waals surface area (Å²) in [5.74, 6) is 0.600. The van der Waals surface area contributed by atoms with Crippen LogP contribution in [0.4, 0.5) is 16.2 Å². The molecule has 0 radical (unpaired) electrons. The quantitative estimate of drug-likeness (QED) is 0.717. The molecule has 3 amide bonds. The number of imide groups is 1. The monoisotopic (exact) mass is 345 g/mol. The number of carbonyl (C=O) groups excluding carboxylic acids is 2. The Morgan fingerprint density at radius 2 is 1.48 bits per heavy atom. The fourth-order valence-corrected chi connectivity index (χ4v) is 2.13. The van der Waals surface area contributed by atoms with Crippen LogP contribution in [0.5, 0.6) is 17.2 Å². The van der Waals surface area contributed by atoms with Gasteiger partial charge >= 0.3 is 6.03 Å². The minimum Gasteiger partial charge on any atom is -0.493 e. The van der Waals surface area contributed by atoms with E-state index in [0.29, 0.717) is 34.2 Å². The van der Waals surface area contributed by atoms with Gasteiger partial charge in [-0.1, -0.05) is 0 Å². The van der Waals surface area contributed by atoms with Crippen LogP contribution in [-0.2, 0) is 0 Å². The molecular formula is C17H19N3O5. The van der Waals surface area contributed by atoms with Crippen molar-refractivity contribution in [3.63, 3.8) is 0 Å². The summed E-state index contributed by atoms with van der Waals surface area (Å²) in [6.45, 7) is 0. The molecule has 4 N–H and O–H groups in total. The number of rotatable bonds is 5. The molecule has 2 aromatic carbocycles. The summed E-state index contributed by atoms with van der Waals surface area (Å²) in [4.78, 5) is 24.1. The van der Waals surface area contributed by atoms with Crippen molar-refractivity contribution in [3.05, 3.63) is 42.0 Å². The highest BCUT2D eigenvalue weighted by atomic mass is 16.5. The summed E-state index contributed by atoms with van der Waals surface area (Å²) in [6, 6.07) is 8.60. The Balaban J connectivity index is 2.12. The Morgan fingerprint density at radius 3 is 1.96 bits per heavy atom. The lowest BCUT2D eigenvalue weighted by Crippen LogP contribution is -2.34. The van der Waals surface area contributed by atoms with Crippen LogP contribution in [0.25, 0.3) is 0 Å². The zero-order chi connectivity index (χ0) is 18.4. The molecular weight excluding hydrogens is 326 g/mol. The third-order valence-corrected chi connectivity index (χ3v) is 3.32. The Labute approximate surface area is 144 Å². The zero-order valence-electron chi connectivity index (χ0n) is 14.1. The van der Waals surface area contributed by atoms with E-state index in [1.54, 1.807) is 24.3 Å². The highest BCUT2D eigenvalue weighted by Crippen LogP contribution is 2.39. The molecule has 25 heavy (non-hydrogen) atoms. The lowest BCUT2D eigenvalue weighted by Gasteiger charge is -2.14. The Hall–Kier alpha value is -3.42.